The molecule has 4 aromatic rings. The smallest absolute Gasteiger partial charge is 0.0944 e. The summed E-state index contributed by atoms with van der Waals surface area (Å²) in [6.45, 7) is 0. The molecule has 0 atom stereocenters. The summed E-state index contributed by atoms with van der Waals surface area (Å²) in [5.74, 6) is 0. The lowest BCUT2D eigenvalue weighted by Crippen LogP contribution is -2.00. The molecule has 1 heterocycles. The molecule has 0 aliphatic rings. The monoisotopic (exact) mass is 312 g/mol. The summed E-state index contributed by atoms with van der Waals surface area (Å²) >= 11 is 0. The van der Waals surface area contributed by atoms with Crippen molar-refractivity contribution in [2.75, 3.05) is 5.73 Å². The number of aromatic nitrogens is 3. The highest BCUT2D eigenvalue weighted by atomic mass is 15.4. The van der Waals surface area contributed by atoms with Crippen LogP contribution in [0.25, 0.3) is 28.1 Å². The zero-order chi connectivity index (χ0) is 16.4. The number of nitrogens with zero attached hydrogens (tertiary/aromatic N) is 3. The number of benzene rings is 3. The number of hydrogen-bond acceptors (Lipinski definition) is 3. The maximum atomic E-state index is 5.88. The van der Waals surface area contributed by atoms with Gasteiger partial charge in [0.2, 0.25) is 0 Å². The van der Waals surface area contributed by atoms with Crippen molar-refractivity contribution < 1.29 is 0 Å². The first kappa shape index (κ1) is 14.2. The minimum atomic E-state index is 0.702. The highest BCUT2D eigenvalue weighted by Crippen LogP contribution is 2.26. The molecule has 0 aliphatic heterocycles. The minimum absolute atomic E-state index is 0.702. The molecule has 4 heteroatoms. The van der Waals surface area contributed by atoms with E-state index in [1.807, 2.05) is 42.5 Å². The fraction of sp³-hybridized carbons (Fsp3) is 0. The number of anilines is 1. The van der Waals surface area contributed by atoms with Gasteiger partial charge in [-0.1, -0.05) is 65.9 Å². The fourth-order valence-corrected chi connectivity index (χ4v) is 2.74. The van der Waals surface area contributed by atoms with Gasteiger partial charge in [-0.05, 0) is 29.3 Å². The number of nitrogens with two attached hydrogens (primary N) is 1. The van der Waals surface area contributed by atoms with Gasteiger partial charge in [0.05, 0.1) is 17.6 Å². The predicted molar refractivity (Wildman–Crippen MR) is 96.6 cm³/mol. The van der Waals surface area contributed by atoms with Crippen molar-refractivity contribution in [1.82, 2.24) is 15.0 Å². The van der Waals surface area contributed by atoms with E-state index in [2.05, 4.69) is 46.7 Å². The lowest BCUT2D eigenvalue weighted by molar-refractivity contribution is 0.808. The van der Waals surface area contributed by atoms with Gasteiger partial charge in [-0.25, -0.2) is 4.68 Å². The Morgan fingerprint density at radius 1 is 0.708 bits per heavy atom. The second kappa shape index (κ2) is 6.01. The van der Waals surface area contributed by atoms with E-state index in [4.69, 9.17) is 5.73 Å². The zero-order valence-electron chi connectivity index (χ0n) is 13.0. The predicted octanol–water partition coefficient (Wildman–Crippen LogP) is 4.18. The number of nitrogen functional groups attached to an aromatic ring is 1. The second-order valence-corrected chi connectivity index (χ2v) is 5.57. The zero-order valence-corrected chi connectivity index (χ0v) is 13.0. The molecule has 3 aromatic carbocycles. The van der Waals surface area contributed by atoms with E-state index >= 15 is 0 Å². The molecule has 0 fully saturated rings. The molecule has 0 saturated carbocycles. The van der Waals surface area contributed by atoms with Crippen molar-refractivity contribution in [3.8, 4) is 28.1 Å². The van der Waals surface area contributed by atoms with Crippen LogP contribution in [0.15, 0.2) is 85.1 Å². The summed E-state index contributed by atoms with van der Waals surface area (Å²) in [5, 5.41) is 8.25. The molecule has 24 heavy (non-hydrogen) atoms. The standard InChI is InChI=1S/C20H16N4/c21-18-7-4-8-19(13-18)24-20(14-22-23-24)17-11-9-16(10-12-17)15-5-2-1-3-6-15/h1-14H,21H2. The van der Waals surface area contributed by atoms with Gasteiger partial charge in [0.15, 0.2) is 0 Å². The van der Waals surface area contributed by atoms with Gasteiger partial charge in [-0.2, -0.15) is 0 Å². The SMILES string of the molecule is Nc1cccc(-n2nncc2-c2ccc(-c3ccccc3)cc2)c1. The van der Waals surface area contributed by atoms with Gasteiger partial charge in [-0.15, -0.1) is 5.10 Å². The van der Waals surface area contributed by atoms with E-state index < -0.39 is 0 Å². The van der Waals surface area contributed by atoms with Crippen molar-refractivity contribution in [3.63, 3.8) is 0 Å². The Morgan fingerprint density at radius 3 is 2.17 bits per heavy atom. The first-order valence-corrected chi connectivity index (χ1v) is 7.74. The topological polar surface area (TPSA) is 56.7 Å². The molecule has 0 bridgehead atoms. The van der Waals surface area contributed by atoms with E-state index in [0.717, 1.165) is 16.9 Å². The molecule has 4 nitrogen and oxygen atoms in total. The Hall–Kier alpha value is -3.40. The van der Waals surface area contributed by atoms with Crippen LogP contribution >= 0.6 is 0 Å². The summed E-state index contributed by atoms with van der Waals surface area (Å²) in [5.41, 5.74) is 11.8. The van der Waals surface area contributed by atoms with Gasteiger partial charge in [0.1, 0.15) is 0 Å². The first-order valence-electron chi connectivity index (χ1n) is 7.74. The third-order valence-corrected chi connectivity index (χ3v) is 3.95. The Bertz CT molecular complexity index is 956. The molecule has 116 valence electrons. The van der Waals surface area contributed by atoms with Crippen molar-refractivity contribution in [1.29, 1.82) is 0 Å². The minimum Gasteiger partial charge on any atom is -0.399 e. The van der Waals surface area contributed by atoms with Crippen molar-refractivity contribution in [3.05, 3.63) is 85.1 Å². The lowest BCUT2D eigenvalue weighted by Gasteiger charge is -2.08. The molecule has 0 saturated heterocycles. The van der Waals surface area contributed by atoms with Crippen LogP contribution in [0.3, 0.4) is 0 Å². The normalized spacial score (nSPS) is 10.7. The second-order valence-electron chi connectivity index (χ2n) is 5.57. The summed E-state index contributed by atoms with van der Waals surface area (Å²) < 4.78 is 1.80. The maximum Gasteiger partial charge on any atom is 0.0944 e. The molecule has 2 N–H and O–H groups in total. The van der Waals surface area contributed by atoms with Crippen LogP contribution in [0.1, 0.15) is 0 Å². The largest absolute Gasteiger partial charge is 0.399 e. The van der Waals surface area contributed by atoms with E-state index in [9.17, 15) is 0 Å². The lowest BCUT2D eigenvalue weighted by atomic mass is 10.0. The van der Waals surface area contributed by atoms with E-state index in [1.165, 1.54) is 11.1 Å². The molecule has 0 amide bonds. The number of hydrogen-bond donors (Lipinski definition) is 1. The third kappa shape index (κ3) is 2.65. The van der Waals surface area contributed by atoms with Gasteiger partial charge in [-0.3, -0.25) is 0 Å². The van der Waals surface area contributed by atoms with E-state index in [1.54, 1.807) is 10.9 Å². The van der Waals surface area contributed by atoms with Gasteiger partial charge >= 0.3 is 0 Å². The molecule has 0 radical (unpaired) electrons. The van der Waals surface area contributed by atoms with Gasteiger partial charge in [0.25, 0.3) is 0 Å². The Labute approximate surface area is 140 Å². The number of rotatable bonds is 3. The van der Waals surface area contributed by atoms with Gasteiger partial charge in [0, 0.05) is 11.3 Å². The molecule has 0 unspecified atom stereocenters. The van der Waals surface area contributed by atoms with Crippen LogP contribution in [-0.2, 0) is 0 Å². The van der Waals surface area contributed by atoms with Crippen LogP contribution in [0, 0.1) is 0 Å². The van der Waals surface area contributed by atoms with Crippen LogP contribution in [0.4, 0.5) is 5.69 Å². The van der Waals surface area contributed by atoms with Crippen molar-refractivity contribution in [2.24, 2.45) is 0 Å². The van der Waals surface area contributed by atoms with Crippen LogP contribution in [0.2, 0.25) is 0 Å². The maximum absolute atomic E-state index is 5.88. The summed E-state index contributed by atoms with van der Waals surface area (Å²) in [4.78, 5) is 0. The molecule has 0 spiro atoms. The first-order chi connectivity index (χ1) is 11.8. The molecule has 4 rings (SSSR count). The molecular weight excluding hydrogens is 296 g/mol. The van der Waals surface area contributed by atoms with Crippen molar-refractivity contribution >= 4 is 5.69 Å². The molecule has 0 aliphatic carbocycles. The average Bonchev–Trinajstić information content (AvgIpc) is 3.12. The Kier molecular flexibility index (Phi) is 3.56. The summed E-state index contributed by atoms with van der Waals surface area (Å²) in [6.07, 6.45) is 1.76. The van der Waals surface area contributed by atoms with Crippen LogP contribution in [0.5, 0.6) is 0 Å². The van der Waals surface area contributed by atoms with Crippen LogP contribution in [-0.4, -0.2) is 15.0 Å². The van der Waals surface area contributed by atoms with Crippen molar-refractivity contribution in [2.45, 2.75) is 0 Å². The summed E-state index contributed by atoms with van der Waals surface area (Å²) in [6, 6.07) is 26.3. The van der Waals surface area contributed by atoms with E-state index in [0.29, 0.717) is 5.69 Å². The highest BCUT2D eigenvalue weighted by molar-refractivity contribution is 5.69. The van der Waals surface area contributed by atoms with Gasteiger partial charge < -0.3 is 5.73 Å². The third-order valence-electron chi connectivity index (χ3n) is 3.95. The van der Waals surface area contributed by atoms with E-state index in [-0.39, 0.29) is 0 Å². The molecule has 1 aromatic heterocycles. The van der Waals surface area contributed by atoms with Crippen LogP contribution < -0.4 is 5.73 Å². The Balaban J connectivity index is 1.72. The fourth-order valence-electron chi connectivity index (χ4n) is 2.74. The quantitative estimate of drug-likeness (QED) is 0.577. The highest BCUT2D eigenvalue weighted by Gasteiger charge is 2.09. The molecular formula is C20H16N4. The Morgan fingerprint density at radius 2 is 1.42 bits per heavy atom. The summed E-state index contributed by atoms with van der Waals surface area (Å²) in [7, 11) is 0. The average molecular weight is 312 g/mol.